The predicted octanol–water partition coefficient (Wildman–Crippen LogP) is 3.64. The van der Waals surface area contributed by atoms with Crippen LogP contribution in [0.25, 0.3) is 6.08 Å². The maximum atomic E-state index is 12.8. The Morgan fingerprint density at radius 1 is 1.03 bits per heavy atom. The van der Waals surface area contributed by atoms with E-state index in [1.165, 1.54) is 18.5 Å². The summed E-state index contributed by atoms with van der Waals surface area (Å²) in [6.45, 7) is 5.47. The van der Waals surface area contributed by atoms with Gasteiger partial charge in [0, 0.05) is 31.9 Å². The van der Waals surface area contributed by atoms with Gasteiger partial charge in [0.2, 0.25) is 5.91 Å². The first-order valence-corrected chi connectivity index (χ1v) is 11.2. The summed E-state index contributed by atoms with van der Waals surface area (Å²) in [6.07, 6.45) is 7.33. The van der Waals surface area contributed by atoms with Crippen molar-refractivity contribution in [3.05, 3.63) is 34.2 Å². The number of carbonyl (C=O) groups is 3. The molecule has 3 heterocycles. The Hall–Kier alpha value is -2.28. The molecule has 7 heteroatoms. The average molecular weight is 414 g/mol. The van der Waals surface area contributed by atoms with Crippen molar-refractivity contribution in [2.75, 3.05) is 37.6 Å². The summed E-state index contributed by atoms with van der Waals surface area (Å²) < 4.78 is 0. The van der Waals surface area contributed by atoms with Crippen molar-refractivity contribution >= 4 is 40.6 Å². The summed E-state index contributed by atoms with van der Waals surface area (Å²) >= 11 is 0.921. The van der Waals surface area contributed by atoms with Gasteiger partial charge in [-0.05, 0) is 80.1 Å². The highest BCUT2D eigenvalue weighted by atomic mass is 32.2. The van der Waals surface area contributed by atoms with Crippen molar-refractivity contribution in [2.45, 2.75) is 39.0 Å². The van der Waals surface area contributed by atoms with Gasteiger partial charge in [0.25, 0.3) is 11.1 Å². The third kappa shape index (κ3) is 4.34. The third-order valence-corrected chi connectivity index (χ3v) is 6.79. The Bertz CT molecular complexity index is 855. The van der Waals surface area contributed by atoms with Crippen LogP contribution in [0.4, 0.5) is 10.5 Å². The fourth-order valence-electron chi connectivity index (χ4n) is 4.15. The molecule has 3 fully saturated rings. The molecule has 0 bridgehead atoms. The van der Waals surface area contributed by atoms with Crippen LogP contribution < -0.4 is 4.90 Å². The number of carbonyl (C=O) groups excluding carboxylic acids is 3. The second-order valence-corrected chi connectivity index (χ2v) is 8.94. The van der Waals surface area contributed by atoms with Crippen LogP contribution in [0.5, 0.6) is 0 Å². The minimum Gasteiger partial charge on any atom is -0.372 e. The molecular formula is C22H27N3O3S. The molecule has 3 saturated heterocycles. The number of hydrogen-bond donors (Lipinski definition) is 0. The van der Waals surface area contributed by atoms with Crippen molar-refractivity contribution in [1.82, 2.24) is 9.80 Å². The summed E-state index contributed by atoms with van der Waals surface area (Å²) in [6, 6.07) is 6.23. The Kier molecular flexibility index (Phi) is 5.94. The molecule has 154 valence electrons. The van der Waals surface area contributed by atoms with E-state index in [9.17, 15) is 14.4 Å². The molecule has 29 heavy (non-hydrogen) atoms. The average Bonchev–Trinajstić information content (AvgIpc) is 3.35. The number of rotatable bonds is 4. The lowest BCUT2D eigenvalue weighted by Crippen LogP contribution is -2.44. The molecular weight excluding hydrogens is 386 g/mol. The van der Waals surface area contributed by atoms with Crippen LogP contribution in [0.3, 0.4) is 0 Å². The summed E-state index contributed by atoms with van der Waals surface area (Å²) in [5, 5.41) is -0.363. The lowest BCUT2D eigenvalue weighted by atomic mass is 10.1. The van der Waals surface area contributed by atoms with Crippen molar-refractivity contribution in [2.24, 2.45) is 0 Å². The monoisotopic (exact) mass is 413 g/mol. The van der Waals surface area contributed by atoms with Gasteiger partial charge in [0.1, 0.15) is 6.54 Å². The lowest BCUT2D eigenvalue weighted by molar-refractivity contribution is -0.136. The van der Waals surface area contributed by atoms with Gasteiger partial charge in [-0.2, -0.15) is 0 Å². The Morgan fingerprint density at radius 2 is 1.72 bits per heavy atom. The Labute approximate surface area is 175 Å². The molecule has 0 N–H and O–H groups in total. The molecule has 0 unspecified atom stereocenters. The Morgan fingerprint density at radius 3 is 2.41 bits per heavy atom. The summed E-state index contributed by atoms with van der Waals surface area (Å²) in [7, 11) is 0. The summed E-state index contributed by atoms with van der Waals surface area (Å²) in [5.41, 5.74) is 3.21. The van der Waals surface area contributed by atoms with Gasteiger partial charge >= 0.3 is 0 Å². The lowest BCUT2D eigenvalue weighted by Gasteiger charge is -2.27. The first-order valence-electron chi connectivity index (χ1n) is 10.4. The van der Waals surface area contributed by atoms with Crippen LogP contribution in [-0.4, -0.2) is 59.6 Å². The van der Waals surface area contributed by atoms with E-state index in [0.717, 1.165) is 60.1 Å². The van der Waals surface area contributed by atoms with Gasteiger partial charge in [-0.25, -0.2) is 0 Å². The molecule has 6 nitrogen and oxygen atoms in total. The molecule has 1 aromatic rings. The van der Waals surface area contributed by atoms with Crippen LogP contribution in [0.2, 0.25) is 0 Å². The smallest absolute Gasteiger partial charge is 0.294 e. The quantitative estimate of drug-likeness (QED) is 0.705. The molecule has 0 atom stereocenters. The first kappa shape index (κ1) is 20.0. The first-order chi connectivity index (χ1) is 14.0. The van der Waals surface area contributed by atoms with E-state index < -0.39 is 0 Å². The van der Waals surface area contributed by atoms with E-state index in [-0.39, 0.29) is 23.6 Å². The molecule has 0 spiro atoms. The van der Waals surface area contributed by atoms with Gasteiger partial charge in [0.15, 0.2) is 0 Å². The minimum absolute atomic E-state index is 0.139. The number of piperidine rings is 1. The van der Waals surface area contributed by atoms with Crippen molar-refractivity contribution < 1.29 is 14.4 Å². The molecule has 0 saturated carbocycles. The number of thioether (sulfide) groups is 1. The number of amides is 3. The molecule has 0 aliphatic carbocycles. The highest BCUT2D eigenvalue weighted by Gasteiger charge is 2.37. The van der Waals surface area contributed by atoms with Gasteiger partial charge in [-0.3, -0.25) is 19.3 Å². The Balaban J connectivity index is 1.46. The molecule has 3 aliphatic rings. The standard InChI is InChI=1S/C22H27N3O3S/c1-16-13-18(23-9-5-6-10-23)8-7-17(16)14-19-21(27)25(22(28)29-19)15-20(26)24-11-3-2-4-12-24/h7-8,13-14H,2-6,9-12,15H2,1H3/b19-14-. The van der Waals surface area contributed by atoms with Crippen molar-refractivity contribution in [1.29, 1.82) is 0 Å². The predicted molar refractivity (Wildman–Crippen MR) is 116 cm³/mol. The van der Waals surface area contributed by atoms with E-state index in [2.05, 4.69) is 17.0 Å². The summed E-state index contributed by atoms with van der Waals surface area (Å²) in [4.78, 5) is 43.2. The van der Waals surface area contributed by atoms with Crippen LogP contribution in [-0.2, 0) is 9.59 Å². The molecule has 4 rings (SSSR count). The SMILES string of the molecule is Cc1cc(N2CCCC2)ccc1/C=C1\SC(=O)N(CC(=O)N2CCCCC2)C1=O. The number of hydrogen-bond acceptors (Lipinski definition) is 5. The fraction of sp³-hybridized carbons (Fsp3) is 0.500. The van der Waals surface area contributed by atoms with Gasteiger partial charge in [-0.15, -0.1) is 0 Å². The highest BCUT2D eigenvalue weighted by molar-refractivity contribution is 8.18. The third-order valence-electron chi connectivity index (χ3n) is 5.89. The minimum atomic E-state index is -0.367. The maximum absolute atomic E-state index is 12.8. The van der Waals surface area contributed by atoms with E-state index >= 15 is 0 Å². The largest absolute Gasteiger partial charge is 0.372 e. The molecule has 0 radical (unpaired) electrons. The number of anilines is 1. The number of aryl methyl sites for hydroxylation is 1. The summed E-state index contributed by atoms with van der Waals surface area (Å²) in [5.74, 6) is -0.507. The maximum Gasteiger partial charge on any atom is 0.294 e. The van der Waals surface area contributed by atoms with Crippen LogP contribution in [0.15, 0.2) is 23.1 Å². The zero-order valence-corrected chi connectivity index (χ0v) is 17.7. The highest BCUT2D eigenvalue weighted by Crippen LogP contribution is 2.33. The zero-order valence-electron chi connectivity index (χ0n) is 16.9. The van der Waals surface area contributed by atoms with Gasteiger partial charge in [-0.1, -0.05) is 6.07 Å². The molecule has 0 aromatic heterocycles. The number of benzene rings is 1. The second kappa shape index (κ2) is 8.61. The van der Waals surface area contributed by atoms with Crippen molar-refractivity contribution in [3.8, 4) is 0 Å². The fourth-order valence-corrected chi connectivity index (χ4v) is 4.98. The van der Waals surface area contributed by atoms with Gasteiger partial charge in [0.05, 0.1) is 4.91 Å². The van der Waals surface area contributed by atoms with E-state index in [0.29, 0.717) is 18.0 Å². The van der Waals surface area contributed by atoms with Crippen LogP contribution >= 0.6 is 11.8 Å². The number of imide groups is 1. The topological polar surface area (TPSA) is 60.9 Å². The van der Waals surface area contributed by atoms with E-state index in [1.54, 1.807) is 11.0 Å². The zero-order chi connectivity index (χ0) is 20.4. The van der Waals surface area contributed by atoms with Gasteiger partial charge < -0.3 is 9.80 Å². The molecule has 3 amide bonds. The second-order valence-electron chi connectivity index (χ2n) is 7.94. The normalized spacial score (nSPS) is 21.6. The van der Waals surface area contributed by atoms with Crippen LogP contribution in [0.1, 0.15) is 43.2 Å². The van der Waals surface area contributed by atoms with E-state index in [1.807, 2.05) is 13.0 Å². The number of likely N-dealkylation sites (tertiary alicyclic amines) is 1. The van der Waals surface area contributed by atoms with Crippen molar-refractivity contribution in [3.63, 3.8) is 0 Å². The molecule has 3 aliphatic heterocycles. The van der Waals surface area contributed by atoms with E-state index in [4.69, 9.17) is 0 Å². The number of nitrogens with zero attached hydrogens (tertiary/aromatic N) is 3. The molecule has 1 aromatic carbocycles. The van der Waals surface area contributed by atoms with Crippen LogP contribution in [0, 0.1) is 6.92 Å².